The maximum atomic E-state index is 11.7. The number of rotatable bonds is 29. The molecular formula is C85H106O48. The largest absolute Gasteiger partial charge is 0.513 e. The lowest BCUT2D eigenvalue weighted by molar-refractivity contribution is -0.155. The summed E-state index contributed by atoms with van der Waals surface area (Å²) in [4.78, 5) is 165. The van der Waals surface area contributed by atoms with E-state index in [1.54, 1.807) is 0 Å². The van der Waals surface area contributed by atoms with Crippen molar-refractivity contribution in [1.29, 1.82) is 0 Å². The number of aliphatic hydroxyl groups is 6. The summed E-state index contributed by atoms with van der Waals surface area (Å²) in [5.74, 6) is -11.1. The van der Waals surface area contributed by atoms with Crippen molar-refractivity contribution in [2.45, 2.75) is 212 Å². The summed E-state index contributed by atoms with van der Waals surface area (Å²) in [7, 11) is 0. The number of esters is 9. The van der Waals surface area contributed by atoms with Gasteiger partial charge >= 0.3 is 77.6 Å². The lowest BCUT2D eigenvalue weighted by Crippen LogP contribution is -2.35. The van der Waals surface area contributed by atoms with Gasteiger partial charge in [-0.1, -0.05) is 33.6 Å². The van der Waals surface area contributed by atoms with E-state index in [1.807, 2.05) is 13.8 Å². The lowest BCUT2D eigenvalue weighted by Gasteiger charge is -2.17. The van der Waals surface area contributed by atoms with Gasteiger partial charge in [-0.2, -0.15) is 0 Å². The third kappa shape index (κ3) is 33.9. The fourth-order valence-corrected chi connectivity index (χ4v) is 14.8. The molecule has 0 spiro atoms. The predicted octanol–water partition coefficient (Wildman–Crippen LogP) is -1.77. The Hall–Kier alpha value is -11.4. The molecule has 14 aliphatic heterocycles. The van der Waals surface area contributed by atoms with E-state index in [9.17, 15) is 87.2 Å². The van der Waals surface area contributed by atoms with Crippen LogP contribution in [-0.2, 0) is 181 Å². The second kappa shape index (κ2) is 52.3. The van der Waals surface area contributed by atoms with Crippen LogP contribution in [0, 0.1) is 11.8 Å². The SMILES string of the molecule is C=C(O)/C=C\C(=O)O[C@H]1CO[C@H]2[C@@H]1OC[C@H]2O.C=C(O)CCC(=O)O[C@H]1CO[C@H]2[C@@H]1OC[C@H]2O.C=C(O)CCC(=O)O[C@H]1CO[C@H]2[C@@H]1OC[C@H]2OC(=O)/C=C/C(=O)O.CC(=O)/C=C/C(=O)O[C@H]1CO[C@H]2[C@@H]1OC[C@H]2O.CC(=O)/C=C/C(=O)O[C@H]1CO[C@H]2[C@@H]1OC[C@H]2OC(=O)/C=C\C(=O)O.C[C@H]1CO[C@H]2[C@@H]1OC[C@H]2OC(=O)/C=C/C(=O)O.C[C@H]1CO[C@H]2[C@@H]1OC[C@H]2OC(=O)/C=C\C(=O)O. The Morgan fingerprint density at radius 3 is 0.639 bits per heavy atom. The highest BCUT2D eigenvalue weighted by Crippen LogP contribution is 2.37. The highest BCUT2D eigenvalue weighted by Gasteiger charge is 2.56. The van der Waals surface area contributed by atoms with Gasteiger partial charge in [0.25, 0.3) is 0 Å². The van der Waals surface area contributed by atoms with Crippen LogP contribution in [0.4, 0.5) is 0 Å². The van der Waals surface area contributed by atoms with Crippen molar-refractivity contribution >= 4 is 89.2 Å². The van der Waals surface area contributed by atoms with Crippen molar-refractivity contribution in [3.63, 3.8) is 0 Å². The number of carboxylic acids is 4. The Kier molecular flexibility index (Phi) is 42.0. The second-order valence-corrected chi connectivity index (χ2v) is 31.2. The molecule has 10 N–H and O–H groups in total. The summed E-state index contributed by atoms with van der Waals surface area (Å²) in [5, 5.41) is 88.7. The Balaban J connectivity index is 0.000000192. The standard InChI is InChI=1S/C15H18O9.C15H16O9.2C11H14O6.C11H16O6.2C11H14O6/c2*1-8(16)2-4-12(19)23-9-6-21-15-10(7-22-14(9)15)24-13(20)5-3-11(17)18;2*1-6-4-15-11-7(5-16-10(6)11)17-9(14)3-2-8(12)13;3*1-6(12)2-3-9(14)17-8-5-16-10-7(13)4-15-11(8)10/h3,5,9-10,14-16H,1-2,4,6-7H2,(H,17,18);2-5,9-10,14-15H,6-7H2,1H3,(H,17,18);2*2-3,6-7,10-11H,4-5H2,1H3,(H,12,13);7-8,10-13H,1-5H2;2-3,7-8,10-11,13H,4-5H2,1H3;2-3,7-8,10-13H,1,4-5H2/b5-3+;4-2+,5-3-;3-2+;3-2-;;3-2+;3-2-/t2*9-,10+,14+,15+;2*6-,7+,10+,11+;3*7-,8+,10-,11-/m0000111/s1. The van der Waals surface area contributed by atoms with Crippen molar-refractivity contribution < 1.29 is 232 Å². The van der Waals surface area contributed by atoms with E-state index in [0.29, 0.717) is 50.4 Å². The topological polar surface area (TPSA) is 671 Å². The zero-order chi connectivity index (χ0) is 97.4. The number of fused-ring (bicyclic) bond motifs is 7. The van der Waals surface area contributed by atoms with E-state index in [4.69, 9.17) is 145 Å². The predicted molar refractivity (Wildman–Crippen MR) is 431 cm³/mol. The van der Waals surface area contributed by atoms with E-state index in [0.717, 1.165) is 72.9 Å². The molecule has 0 radical (unpaired) electrons. The van der Waals surface area contributed by atoms with Crippen LogP contribution in [0.15, 0.2) is 122 Å². The van der Waals surface area contributed by atoms with Gasteiger partial charge in [-0.05, 0) is 32.1 Å². The molecule has 14 saturated heterocycles. The second-order valence-electron chi connectivity index (χ2n) is 31.2. The van der Waals surface area contributed by atoms with E-state index in [2.05, 4.69) is 19.7 Å². The average molecular weight is 1900 g/mol. The zero-order valence-electron chi connectivity index (χ0n) is 72.1. The summed E-state index contributed by atoms with van der Waals surface area (Å²) in [6.07, 6.45) is 0.536. The van der Waals surface area contributed by atoms with Gasteiger partial charge in [-0.15, -0.1) is 0 Å². The molecule has 0 aromatic rings. The van der Waals surface area contributed by atoms with Gasteiger partial charge in [0.1, 0.15) is 97.3 Å². The Labute approximate surface area is 756 Å². The molecule has 48 nitrogen and oxygen atoms in total. The first-order valence-corrected chi connectivity index (χ1v) is 41.4. The van der Waals surface area contributed by atoms with Gasteiger partial charge in [0.15, 0.2) is 66.5 Å². The summed E-state index contributed by atoms with van der Waals surface area (Å²) in [6.45, 7) is 19.7. The molecular weight excluding hydrogens is 1790 g/mol. The van der Waals surface area contributed by atoms with Crippen LogP contribution in [-0.4, -0.2) is 391 Å². The van der Waals surface area contributed by atoms with E-state index in [1.165, 1.54) is 13.8 Å². The summed E-state index contributed by atoms with van der Waals surface area (Å²) in [5.41, 5.74) is 0. The molecule has 734 valence electrons. The van der Waals surface area contributed by atoms with Crippen LogP contribution < -0.4 is 0 Å². The molecule has 14 aliphatic rings. The number of hydrogen-bond donors (Lipinski definition) is 10. The maximum absolute atomic E-state index is 11.7. The first-order chi connectivity index (χ1) is 63.1. The van der Waals surface area contributed by atoms with Crippen LogP contribution in [0.5, 0.6) is 0 Å². The number of carbonyl (C=O) groups is 15. The molecule has 0 aromatic carbocycles. The smallest absolute Gasteiger partial charge is 0.331 e. The minimum atomic E-state index is -1.27. The van der Waals surface area contributed by atoms with Crippen molar-refractivity contribution in [2.75, 3.05) is 92.5 Å². The van der Waals surface area contributed by atoms with Gasteiger partial charge in [-0.25, -0.2) is 52.7 Å². The number of hydrogen-bond acceptors (Lipinski definition) is 44. The van der Waals surface area contributed by atoms with E-state index >= 15 is 0 Å². The molecule has 0 saturated carbocycles. The van der Waals surface area contributed by atoms with Gasteiger partial charge in [-0.3, -0.25) is 19.2 Å². The number of carboxylic acid groups (broad SMARTS) is 4. The summed E-state index contributed by atoms with van der Waals surface area (Å²) < 4.78 is 122. The molecule has 133 heavy (non-hydrogen) atoms. The quantitative estimate of drug-likeness (QED) is 0.0130. The van der Waals surface area contributed by atoms with Gasteiger partial charge < -0.3 is 160 Å². The first kappa shape index (κ1) is 107. The molecule has 48 heteroatoms. The summed E-state index contributed by atoms with van der Waals surface area (Å²) in [6, 6.07) is 0. The molecule has 0 amide bonds. The molecule has 14 rings (SSSR count). The highest BCUT2D eigenvalue weighted by atomic mass is 16.7. The number of carbonyl (C=O) groups excluding carboxylic acids is 11. The molecule has 14 heterocycles. The molecule has 0 aromatic heterocycles. The van der Waals surface area contributed by atoms with Crippen molar-refractivity contribution in [3.8, 4) is 0 Å². The Bertz CT molecular complexity index is 4020. The first-order valence-electron chi connectivity index (χ1n) is 41.4. The van der Waals surface area contributed by atoms with Crippen LogP contribution in [0.3, 0.4) is 0 Å². The molecule has 0 aliphatic carbocycles. The molecule has 14 fully saturated rings. The van der Waals surface area contributed by atoms with Crippen LogP contribution in [0.1, 0.15) is 53.4 Å². The van der Waals surface area contributed by atoms with Gasteiger partial charge in [0.05, 0.1) is 129 Å². The highest BCUT2D eigenvalue weighted by molar-refractivity contribution is 5.96. The number of aliphatic carboxylic acids is 4. The number of ketones is 2. The average Bonchev–Trinajstić information content (AvgIpc) is 1.65. The molecule has 28 atom stereocenters. The van der Waals surface area contributed by atoms with Crippen LogP contribution in [0.25, 0.3) is 0 Å². The van der Waals surface area contributed by atoms with Gasteiger partial charge in [0.2, 0.25) is 0 Å². The minimum Gasteiger partial charge on any atom is -0.513 e. The van der Waals surface area contributed by atoms with Crippen molar-refractivity contribution in [1.82, 2.24) is 0 Å². The third-order valence-corrected chi connectivity index (χ3v) is 20.8. The van der Waals surface area contributed by atoms with Crippen molar-refractivity contribution in [2.24, 2.45) is 11.8 Å². The van der Waals surface area contributed by atoms with Crippen LogP contribution in [0.2, 0.25) is 0 Å². The number of ether oxygens (including phenoxy) is 23. The number of aliphatic hydroxyl groups excluding tert-OH is 6. The fourth-order valence-electron chi connectivity index (χ4n) is 14.8. The lowest BCUT2D eigenvalue weighted by atomic mass is 10.0. The maximum Gasteiger partial charge on any atom is 0.331 e. The Morgan fingerprint density at radius 1 is 0.241 bits per heavy atom. The van der Waals surface area contributed by atoms with Crippen LogP contribution >= 0.6 is 0 Å². The third-order valence-electron chi connectivity index (χ3n) is 20.8. The molecule has 0 bridgehead atoms. The monoisotopic (exact) mass is 1890 g/mol. The van der Waals surface area contributed by atoms with E-state index < -0.39 is 206 Å². The summed E-state index contributed by atoms with van der Waals surface area (Å²) >= 11 is 0. The molecule has 0 unspecified atom stereocenters. The van der Waals surface area contributed by atoms with Gasteiger partial charge in [0, 0.05) is 91.5 Å². The minimum absolute atomic E-state index is 0.0123. The zero-order valence-corrected chi connectivity index (χ0v) is 72.1. The fraction of sp³-hybridized carbons (Fsp3) is 0.588. The normalized spacial score (nSPS) is 33.3. The van der Waals surface area contributed by atoms with Crippen molar-refractivity contribution in [3.05, 3.63) is 122 Å². The number of allylic oxidation sites excluding steroid dienone is 5. The Morgan fingerprint density at radius 2 is 0.421 bits per heavy atom. The van der Waals surface area contributed by atoms with E-state index in [-0.39, 0.29) is 151 Å².